The van der Waals surface area contributed by atoms with Crippen LogP contribution in [0.25, 0.3) is 0 Å². The van der Waals surface area contributed by atoms with Gasteiger partial charge in [-0.15, -0.1) is 0 Å². The zero-order valence-electron chi connectivity index (χ0n) is 18.7. The van der Waals surface area contributed by atoms with E-state index in [4.69, 9.17) is 9.47 Å². The lowest BCUT2D eigenvalue weighted by Crippen LogP contribution is -2.51. The van der Waals surface area contributed by atoms with Crippen molar-refractivity contribution in [1.82, 2.24) is 19.6 Å². The number of nitrogens with zero attached hydrogens (tertiary/aromatic N) is 4. The van der Waals surface area contributed by atoms with Crippen LogP contribution in [0.4, 0.5) is 0 Å². The molecule has 0 unspecified atom stereocenters. The Balaban J connectivity index is 1.37. The third-order valence-electron chi connectivity index (χ3n) is 6.28. The fourth-order valence-corrected chi connectivity index (χ4v) is 4.37. The van der Waals surface area contributed by atoms with E-state index in [1.165, 1.54) is 4.90 Å². The minimum atomic E-state index is -0.312. The second-order valence-corrected chi connectivity index (χ2v) is 8.73. The first-order chi connectivity index (χ1) is 14.8. The molecule has 0 aliphatic carbocycles. The molecule has 0 N–H and O–H groups in total. The first kappa shape index (κ1) is 21.4. The molecule has 0 bridgehead atoms. The molecule has 1 aromatic carbocycles. The van der Waals surface area contributed by atoms with Gasteiger partial charge in [-0.3, -0.25) is 14.3 Å². The molecule has 1 aromatic heterocycles. The summed E-state index contributed by atoms with van der Waals surface area (Å²) in [6.45, 7) is 3.68. The normalized spacial score (nSPS) is 17.4. The van der Waals surface area contributed by atoms with Crippen molar-refractivity contribution < 1.29 is 19.1 Å². The maximum Gasteiger partial charge on any atom is 0.274 e. The summed E-state index contributed by atoms with van der Waals surface area (Å²) < 4.78 is 13.8. The average molecular weight is 427 g/mol. The number of likely N-dealkylation sites (tertiary alicyclic amines) is 1. The summed E-state index contributed by atoms with van der Waals surface area (Å²) >= 11 is 0. The van der Waals surface area contributed by atoms with Gasteiger partial charge in [0.05, 0.1) is 12.2 Å². The molecule has 4 rings (SSSR count). The summed E-state index contributed by atoms with van der Waals surface area (Å²) in [6.07, 6.45) is 2.21. The molecule has 1 saturated heterocycles. The van der Waals surface area contributed by atoms with E-state index in [9.17, 15) is 9.59 Å². The van der Waals surface area contributed by atoms with Gasteiger partial charge < -0.3 is 19.3 Å². The summed E-state index contributed by atoms with van der Waals surface area (Å²) in [7, 11) is 5.33. The third-order valence-corrected chi connectivity index (χ3v) is 6.28. The van der Waals surface area contributed by atoms with Crippen LogP contribution >= 0.6 is 0 Å². The molecule has 1 spiro atoms. The molecule has 2 aliphatic heterocycles. The van der Waals surface area contributed by atoms with Gasteiger partial charge in [-0.25, -0.2) is 0 Å². The molecule has 8 nitrogen and oxygen atoms in total. The largest absolute Gasteiger partial charge is 0.484 e. The Kier molecular flexibility index (Phi) is 5.75. The number of ether oxygens (including phenoxy) is 2. The zero-order valence-corrected chi connectivity index (χ0v) is 18.7. The molecule has 0 saturated carbocycles. The van der Waals surface area contributed by atoms with Gasteiger partial charge in [-0.2, -0.15) is 5.10 Å². The van der Waals surface area contributed by atoms with Crippen molar-refractivity contribution in [3.8, 4) is 5.75 Å². The van der Waals surface area contributed by atoms with Gasteiger partial charge in [0.15, 0.2) is 12.3 Å². The number of benzene rings is 1. The lowest BCUT2D eigenvalue weighted by molar-refractivity contribution is -0.143. The van der Waals surface area contributed by atoms with E-state index >= 15 is 0 Å². The van der Waals surface area contributed by atoms with Crippen LogP contribution in [-0.4, -0.2) is 70.8 Å². The predicted molar refractivity (Wildman–Crippen MR) is 115 cm³/mol. The van der Waals surface area contributed by atoms with Crippen LogP contribution in [0.3, 0.4) is 0 Å². The minimum Gasteiger partial charge on any atom is -0.484 e. The Labute approximate surface area is 182 Å². The highest BCUT2D eigenvalue weighted by Crippen LogP contribution is 2.37. The standard InChI is InChI=1S/C23H30N4O4/c1-16-6-5-7-17(12-16)30-15-20(28)27-10-8-23(9-11-27)13-19-18(14-31-23)21(24-26(19)4)22(29)25(2)3/h5-7,12H,8-11,13-15H2,1-4H3. The molecule has 3 heterocycles. The van der Waals surface area contributed by atoms with Crippen molar-refractivity contribution in [2.24, 2.45) is 7.05 Å². The van der Waals surface area contributed by atoms with Gasteiger partial charge in [0, 0.05) is 51.9 Å². The maximum absolute atomic E-state index is 12.6. The Bertz CT molecular complexity index is 989. The number of aromatic nitrogens is 2. The molecule has 0 atom stereocenters. The van der Waals surface area contributed by atoms with Crippen molar-refractivity contribution in [3.63, 3.8) is 0 Å². The minimum absolute atomic E-state index is 0.00717. The molecule has 2 aromatic rings. The van der Waals surface area contributed by atoms with Gasteiger partial charge in [-0.05, 0) is 37.5 Å². The Morgan fingerprint density at radius 1 is 1.26 bits per heavy atom. The van der Waals surface area contributed by atoms with Gasteiger partial charge in [0.2, 0.25) is 0 Å². The molecule has 8 heteroatoms. The monoisotopic (exact) mass is 426 g/mol. The summed E-state index contributed by atoms with van der Waals surface area (Å²) in [5, 5.41) is 4.46. The van der Waals surface area contributed by atoms with Crippen molar-refractivity contribution in [3.05, 3.63) is 46.8 Å². The average Bonchev–Trinajstić information content (AvgIpc) is 3.07. The second-order valence-electron chi connectivity index (χ2n) is 8.73. The van der Waals surface area contributed by atoms with Crippen LogP contribution in [0.5, 0.6) is 5.75 Å². The topological polar surface area (TPSA) is 76.9 Å². The van der Waals surface area contributed by atoms with Crippen molar-refractivity contribution in [2.75, 3.05) is 33.8 Å². The summed E-state index contributed by atoms with van der Waals surface area (Å²) in [6, 6.07) is 7.71. The molecule has 0 radical (unpaired) electrons. The van der Waals surface area contributed by atoms with Crippen LogP contribution in [-0.2, 0) is 29.6 Å². The van der Waals surface area contributed by atoms with Crippen LogP contribution < -0.4 is 4.74 Å². The predicted octanol–water partition coefficient (Wildman–Crippen LogP) is 1.94. The van der Waals surface area contributed by atoms with Crippen LogP contribution in [0.2, 0.25) is 0 Å². The number of fused-ring (bicyclic) bond motifs is 1. The molecule has 2 amide bonds. The number of amides is 2. The molecule has 31 heavy (non-hydrogen) atoms. The van der Waals surface area contributed by atoms with Crippen LogP contribution in [0.15, 0.2) is 24.3 Å². The first-order valence-corrected chi connectivity index (χ1v) is 10.7. The van der Waals surface area contributed by atoms with Gasteiger partial charge >= 0.3 is 0 Å². The van der Waals surface area contributed by atoms with Crippen molar-refractivity contribution in [1.29, 1.82) is 0 Å². The molecule has 2 aliphatic rings. The molecular formula is C23H30N4O4. The highest BCUT2D eigenvalue weighted by Gasteiger charge is 2.42. The number of piperidine rings is 1. The SMILES string of the molecule is Cc1cccc(OCC(=O)N2CCC3(CC2)Cc2c(c(C(=O)N(C)C)nn2C)CO3)c1. The van der Waals surface area contributed by atoms with E-state index in [2.05, 4.69) is 5.10 Å². The number of carbonyl (C=O) groups is 2. The Morgan fingerprint density at radius 3 is 2.68 bits per heavy atom. The molecule has 166 valence electrons. The third kappa shape index (κ3) is 4.30. The quantitative estimate of drug-likeness (QED) is 0.747. The number of aryl methyl sites for hydroxylation is 2. The fraction of sp³-hybridized carbons (Fsp3) is 0.522. The maximum atomic E-state index is 12.6. The molecule has 1 fully saturated rings. The smallest absolute Gasteiger partial charge is 0.274 e. The first-order valence-electron chi connectivity index (χ1n) is 10.7. The van der Waals surface area contributed by atoms with E-state index in [0.29, 0.717) is 37.6 Å². The van der Waals surface area contributed by atoms with Crippen LogP contribution in [0, 0.1) is 6.92 Å². The Morgan fingerprint density at radius 2 is 2.00 bits per heavy atom. The lowest BCUT2D eigenvalue weighted by Gasteiger charge is -2.43. The van der Waals surface area contributed by atoms with Crippen molar-refractivity contribution in [2.45, 2.75) is 38.4 Å². The van der Waals surface area contributed by atoms with E-state index in [1.807, 2.05) is 47.8 Å². The zero-order chi connectivity index (χ0) is 22.2. The summed E-state index contributed by atoms with van der Waals surface area (Å²) in [4.78, 5) is 28.5. The highest BCUT2D eigenvalue weighted by molar-refractivity contribution is 5.93. The highest BCUT2D eigenvalue weighted by atomic mass is 16.5. The van der Waals surface area contributed by atoms with E-state index in [0.717, 1.165) is 29.7 Å². The number of rotatable bonds is 4. The lowest BCUT2D eigenvalue weighted by atomic mass is 9.83. The van der Waals surface area contributed by atoms with Gasteiger partial charge in [-0.1, -0.05) is 12.1 Å². The second kappa shape index (κ2) is 8.34. The summed E-state index contributed by atoms with van der Waals surface area (Å²) in [5.74, 6) is 0.599. The summed E-state index contributed by atoms with van der Waals surface area (Å²) in [5.41, 5.74) is 3.20. The van der Waals surface area contributed by atoms with Gasteiger partial charge in [0.25, 0.3) is 11.8 Å². The Hall–Kier alpha value is -2.87. The van der Waals surface area contributed by atoms with Gasteiger partial charge in [0.1, 0.15) is 5.75 Å². The van der Waals surface area contributed by atoms with Crippen LogP contribution in [0.1, 0.15) is 40.2 Å². The number of carbonyl (C=O) groups excluding carboxylic acids is 2. The fourth-order valence-electron chi connectivity index (χ4n) is 4.37. The van der Waals surface area contributed by atoms with E-state index in [1.54, 1.807) is 14.1 Å². The number of hydrogen-bond donors (Lipinski definition) is 0. The number of hydrogen-bond acceptors (Lipinski definition) is 5. The van der Waals surface area contributed by atoms with Crippen molar-refractivity contribution >= 4 is 11.8 Å². The van der Waals surface area contributed by atoms with E-state index < -0.39 is 0 Å². The van der Waals surface area contributed by atoms with E-state index in [-0.39, 0.29) is 24.0 Å². The molecular weight excluding hydrogens is 396 g/mol.